The van der Waals surface area contributed by atoms with E-state index in [1.807, 2.05) is 0 Å². The van der Waals surface area contributed by atoms with Gasteiger partial charge in [-0.2, -0.15) is 0 Å². The first-order chi connectivity index (χ1) is 7.61. The minimum atomic E-state index is -0.783. The van der Waals surface area contributed by atoms with Crippen LogP contribution in [0.1, 0.15) is 26.7 Å². The van der Waals surface area contributed by atoms with Crippen LogP contribution in [0.25, 0.3) is 0 Å². The molecule has 0 amide bonds. The molecule has 1 rings (SSSR count). The zero-order chi connectivity index (χ0) is 12.1. The van der Waals surface area contributed by atoms with Crippen LogP contribution in [0.15, 0.2) is 0 Å². The highest BCUT2D eigenvalue weighted by molar-refractivity contribution is 6.09. The minimum absolute atomic E-state index is 0.243. The molecule has 0 bridgehead atoms. The van der Waals surface area contributed by atoms with Crippen LogP contribution < -0.4 is 0 Å². The molecule has 1 fully saturated rings. The van der Waals surface area contributed by atoms with Crippen LogP contribution in [-0.2, 0) is 23.9 Å². The quantitative estimate of drug-likeness (QED) is 0.523. The fourth-order valence-corrected chi connectivity index (χ4v) is 1.81. The molecule has 5 heteroatoms. The van der Waals surface area contributed by atoms with Crippen molar-refractivity contribution < 1.29 is 23.9 Å². The van der Waals surface area contributed by atoms with Gasteiger partial charge in [-0.3, -0.25) is 14.4 Å². The van der Waals surface area contributed by atoms with Crippen LogP contribution in [-0.4, -0.2) is 30.9 Å². The van der Waals surface area contributed by atoms with Gasteiger partial charge in [0.15, 0.2) is 5.78 Å². The third kappa shape index (κ3) is 2.59. The zero-order valence-corrected chi connectivity index (χ0v) is 9.52. The Hall–Kier alpha value is -1.39. The molecule has 0 aliphatic heterocycles. The lowest BCUT2D eigenvalue weighted by Crippen LogP contribution is -2.28. The second-order valence-corrected chi connectivity index (χ2v) is 3.59. The predicted octanol–water partition coefficient (Wildman–Crippen LogP) is 0.708. The summed E-state index contributed by atoms with van der Waals surface area (Å²) in [5.74, 6) is -2.99. The van der Waals surface area contributed by atoms with Crippen molar-refractivity contribution in [3.63, 3.8) is 0 Å². The fourth-order valence-electron chi connectivity index (χ4n) is 1.81. The van der Waals surface area contributed by atoms with E-state index in [0.29, 0.717) is 12.8 Å². The van der Waals surface area contributed by atoms with Crippen LogP contribution in [0.3, 0.4) is 0 Å². The summed E-state index contributed by atoms with van der Waals surface area (Å²) >= 11 is 0. The van der Waals surface area contributed by atoms with Gasteiger partial charge in [0.1, 0.15) is 11.8 Å². The maximum absolute atomic E-state index is 11.7. The number of hydrogen-bond donors (Lipinski definition) is 0. The molecular formula is C11H16O5. The smallest absolute Gasteiger partial charge is 0.316 e. The van der Waals surface area contributed by atoms with Gasteiger partial charge >= 0.3 is 11.9 Å². The Kier molecular flexibility index (Phi) is 4.46. The second-order valence-electron chi connectivity index (χ2n) is 3.59. The molecule has 1 saturated carbocycles. The summed E-state index contributed by atoms with van der Waals surface area (Å²) < 4.78 is 9.54. The lowest BCUT2D eigenvalue weighted by Gasteiger charge is -2.09. The van der Waals surface area contributed by atoms with Crippen molar-refractivity contribution >= 4 is 17.7 Å². The minimum Gasteiger partial charge on any atom is -0.465 e. The van der Waals surface area contributed by atoms with Crippen molar-refractivity contribution in [1.29, 1.82) is 0 Å². The van der Waals surface area contributed by atoms with Crippen molar-refractivity contribution in [3.8, 4) is 0 Å². The first-order valence-electron chi connectivity index (χ1n) is 5.48. The summed E-state index contributed by atoms with van der Waals surface area (Å²) in [7, 11) is 0. The summed E-state index contributed by atoms with van der Waals surface area (Å²) in [5, 5.41) is 0. The lowest BCUT2D eigenvalue weighted by atomic mass is 10.0. The van der Waals surface area contributed by atoms with Crippen LogP contribution in [0.2, 0.25) is 0 Å². The van der Waals surface area contributed by atoms with E-state index >= 15 is 0 Å². The topological polar surface area (TPSA) is 69.7 Å². The number of ether oxygens (including phenoxy) is 2. The van der Waals surface area contributed by atoms with Gasteiger partial charge in [0.25, 0.3) is 0 Å². The molecule has 5 nitrogen and oxygen atoms in total. The normalized spacial score (nSPS) is 24.2. The molecule has 0 spiro atoms. The summed E-state index contributed by atoms with van der Waals surface area (Å²) in [6.45, 7) is 3.85. The molecule has 0 radical (unpaired) electrons. The van der Waals surface area contributed by atoms with Crippen LogP contribution in [0, 0.1) is 11.8 Å². The standard InChI is InChI=1S/C11H16O5/c1-3-15-10(13)7-5-6-8(9(7)12)11(14)16-4-2/h7-8H,3-6H2,1-2H3/t7-,8-/m1/s1. The number of esters is 2. The van der Waals surface area contributed by atoms with Crippen LogP contribution in [0.5, 0.6) is 0 Å². The van der Waals surface area contributed by atoms with Gasteiger partial charge in [0.05, 0.1) is 13.2 Å². The Morgan fingerprint density at radius 1 is 1.06 bits per heavy atom. The average molecular weight is 228 g/mol. The molecule has 1 aliphatic rings. The number of Topliss-reactive ketones (excluding diaryl/α,β-unsaturated/α-hetero) is 1. The number of carbonyl (C=O) groups is 3. The molecule has 16 heavy (non-hydrogen) atoms. The Morgan fingerprint density at radius 2 is 1.44 bits per heavy atom. The maximum atomic E-state index is 11.7. The fraction of sp³-hybridized carbons (Fsp3) is 0.727. The SMILES string of the molecule is CCOC(=O)[C@@H]1CC[C@@H](C(=O)OCC)C1=O. The second kappa shape index (κ2) is 5.63. The van der Waals surface area contributed by atoms with Gasteiger partial charge in [0, 0.05) is 0 Å². The Morgan fingerprint density at radius 3 is 1.75 bits per heavy atom. The van der Waals surface area contributed by atoms with Crippen LogP contribution in [0.4, 0.5) is 0 Å². The van der Waals surface area contributed by atoms with E-state index in [1.165, 1.54) is 0 Å². The van der Waals surface area contributed by atoms with Crippen molar-refractivity contribution in [2.24, 2.45) is 11.8 Å². The molecule has 0 N–H and O–H groups in total. The number of hydrogen-bond acceptors (Lipinski definition) is 5. The first-order valence-corrected chi connectivity index (χ1v) is 5.48. The highest BCUT2D eigenvalue weighted by Crippen LogP contribution is 2.29. The lowest BCUT2D eigenvalue weighted by molar-refractivity contribution is -0.154. The molecule has 0 saturated heterocycles. The first kappa shape index (κ1) is 12.7. The van der Waals surface area contributed by atoms with Gasteiger partial charge in [0.2, 0.25) is 0 Å². The number of carbonyl (C=O) groups excluding carboxylic acids is 3. The van der Waals surface area contributed by atoms with Crippen molar-refractivity contribution in [1.82, 2.24) is 0 Å². The Bertz CT molecular complexity index is 269. The third-order valence-corrected chi connectivity index (χ3v) is 2.57. The van der Waals surface area contributed by atoms with Crippen molar-refractivity contribution in [2.45, 2.75) is 26.7 Å². The number of rotatable bonds is 4. The molecule has 1 aliphatic carbocycles. The van der Waals surface area contributed by atoms with Gasteiger partial charge in [-0.05, 0) is 26.7 Å². The van der Waals surface area contributed by atoms with E-state index < -0.39 is 23.8 Å². The molecule has 0 aromatic carbocycles. The molecule has 90 valence electrons. The summed E-state index contributed by atoms with van der Waals surface area (Å²) in [4.78, 5) is 34.5. The molecule has 0 aromatic rings. The van der Waals surface area contributed by atoms with E-state index in [1.54, 1.807) is 13.8 Å². The van der Waals surface area contributed by atoms with E-state index in [9.17, 15) is 14.4 Å². The Labute approximate surface area is 94.1 Å². The van der Waals surface area contributed by atoms with Gasteiger partial charge in [-0.25, -0.2) is 0 Å². The van der Waals surface area contributed by atoms with Gasteiger partial charge in [-0.1, -0.05) is 0 Å². The van der Waals surface area contributed by atoms with E-state index in [0.717, 1.165) is 0 Å². The van der Waals surface area contributed by atoms with Crippen molar-refractivity contribution in [3.05, 3.63) is 0 Å². The largest absolute Gasteiger partial charge is 0.465 e. The summed E-state index contributed by atoms with van der Waals surface area (Å²) in [6, 6.07) is 0. The highest BCUT2D eigenvalue weighted by atomic mass is 16.5. The molecule has 2 atom stereocenters. The number of ketones is 1. The van der Waals surface area contributed by atoms with Gasteiger partial charge < -0.3 is 9.47 Å². The van der Waals surface area contributed by atoms with E-state index in [2.05, 4.69) is 0 Å². The Balaban J connectivity index is 2.60. The van der Waals surface area contributed by atoms with Gasteiger partial charge in [-0.15, -0.1) is 0 Å². The summed E-state index contributed by atoms with van der Waals surface area (Å²) in [6.07, 6.45) is 0.752. The van der Waals surface area contributed by atoms with Crippen LogP contribution >= 0.6 is 0 Å². The average Bonchev–Trinajstić information content (AvgIpc) is 2.61. The van der Waals surface area contributed by atoms with Crippen molar-refractivity contribution in [2.75, 3.05) is 13.2 Å². The molecule has 0 aromatic heterocycles. The summed E-state index contributed by atoms with van der Waals surface area (Å²) in [5.41, 5.74) is 0. The van der Waals surface area contributed by atoms with E-state index in [-0.39, 0.29) is 19.0 Å². The van der Waals surface area contributed by atoms with E-state index in [4.69, 9.17) is 9.47 Å². The molecular weight excluding hydrogens is 212 g/mol. The molecule has 0 heterocycles. The predicted molar refractivity (Wildman–Crippen MR) is 54.5 cm³/mol. The zero-order valence-electron chi connectivity index (χ0n) is 9.52. The highest BCUT2D eigenvalue weighted by Gasteiger charge is 2.43. The monoisotopic (exact) mass is 228 g/mol. The third-order valence-electron chi connectivity index (χ3n) is 2.57. The molecule has 0 unspecified atom stereocenters. The maximum Gasteiger partial charge on any atom is 0.316 e.